The summed E-state index contributed by atoms with van der Waals surface area (Å²) in [5.74, 6) is 0. The van der Waals surface area contributed by atoms with Crippen molar-refractivity contribution in [3.05, 3.63) is 0 Å². The van der Waals surface area contributed by atoms with E-state index < -0.39 is 0 Å². The molecule has 1 aliphatic carbocycles. The summed E-state index contributed by atoms with van der Waals surface area (Å²) >= 11 is 1.24. The Labute approximate surface area is 78.0 Å². The van der Waals surface area contributed by atoms with Crippen molar-refractivity contribution in [2.45, 2.75) is 49.9 Å². The van der Waals surface area contributed by atoms with Crippen molar-refractivity contribution in [2.75, 3.05) is 0 Å². The molecule has 0 unspecified atom stereocenters. The van der Waals surface area contributed by atoms with Gasteiger partial charge in [0.15, 0.2) is 0 Å². The van der Waals surface area contributed by atoms with Crippen LogP contribution < -0.4 is 0 Å². The fourth-order valence-electron chi connectivity index (χ4n) is 1.64. The molecule has 0 bridgehead atoms. The van der Waals surface area contributed by atoms with Gasteiger partial charge in [0.05, 0.1) is 6.10 Å². The van der Waals surface area contributed by atoms with E-state index in [-0.39, 0.29) is 11.4 Å². The predicted molar refractivity (Wildman–Crippen MR) is 50.7 cm³/mol. The largest absolute Gasteiger partial charge is 0.392 e. The quantitative estimate of drug-likeness (QED) is 0.637. The molecule has 2 nitrogen and oxygen atoms in total. The molecular formula is C9H15NOS. The van der Waals surface area contributed by atoms with E-state index in [2.05, 4.69) is 5.40 Å². The first-order valence-electron chi connectivity index (χ1n) is 4.57. The summed E-state index contributed by atoms with van der Waals surface area (Å²) in [5, 5.41) is 20.4. The summed E-state index contributed by atoms with van der Waals surface area (Å²) in [6.45, 7) is 0. The van der Waals surface area contributed by atoms with E-state index in [4.69, 9.17) is 5.26 Å². The van der Waals surface area contributed by atoms with Gasteiger partial charge in [0.1, 0.15) is 5.40 Å². The van der Waals surface area contributed by atoms with Crippen molar-refractivity contribution in [1.29, 1.82) is 5.26 Å². The lowest BCUT2D eigenvalue weighted by Gasteiger charge is -2.21. The van der Waals surface area contributed by atoms with Gasteiger partial charge in [0.25, 0.3) is 0 Å². The number of rotatable bonds is 1. The summed E-state index contributed by atoms with van der Waals surface area (Å²) in [7, 11) is 0. The van der Waals surface area contributed by atoms with E-state index >= 15 is 0 Å². The SMILES string of the molecule is N#CS[C@@H]1CCCCCC[C@H]1O. The van der Waals surface area contributed by atoms with E-state index in [0.29, 0.717) is 0 Å². The van der Waals surface area contributed by atoms with Crippen LogP contribution in [0.2, 0.25) is 0 Å². The first-order valence-corrected chi connectivity index (χ1v) is 5.45. The number of thiocyanates is 1. The Balaban J connectivity index is 2.38. The maximum absolute atomic E-state index is 9.63. The van der Waals surface area contributed by atoms with E-state index in [1.165, 1.54) is 24.6 Å². The number of thioether (sulfide) groups is 1. The monoisotopic (exact) mass is 185 g/mol. The number of hydrogen-bond donors (Lipinski definition) is 1. The molecule has 1 aliphatic rings. The standard InChI is InChI=1S/C9H15NOS/c10-7-12-9-6-4-2-1-3-5-8(9)11/h8-9,11H,1-6H2/t8-,9-/m1/s1. The summed E-state index contributed by atoms with van der Waals surface area (Å²) in [6, 6.07) is 0. The van der Waals surface area contributed by atoms with Gasteiger partial charge in [-0.3, -0.25) is 0 Å². The van der Waals surface area contributed by atoms with Crippen LogP contribution in [0.25, 0.3) is 0 Å². The lowest BCUT2D eigenvalue weighted by Crippen LogP contribution is -2.23. The maximum atomic E-state index is 9.63. The lowest BCUT2D eigenvalue weighted by atomic mass is 9.98. The Morgan fingerprint density at radius 3 is 2.50 bits per heavy atom. The van der Waals surface area contributed by atoms with Crippen molar-refractivity contribution in [3.8, 4) is 5.40 Å². The smallest absolute Gasteiger partial charge is 0.133 e. The Hall–Kier alpha value is -0.200. The minimum absolute atomic E-state index is 0.162. The fraction of sp³-hybridized carbons (Fsp3) is 0.889. The molecule has 0 aromatic heterocycles. The maximum Gasteiger partial charge on any atom is 0.133 e. The highest BCUT2D eigenvalue weighted by atomic mass is 32.2. The van der Waals surface area contributed by atoms with Crippen LogP contribution in [-0.4, -0.2) is 16.5 Å². The van der Waals surface area contributed by atoms with Crippen LogP contribution in [0.1, 0.15) is 38.5 Å². The molecule has 1 saturated carbocycles. The second kappa shape index (κ2) is 5.45. The van der Waals surface area contributed by atoms with Gasteiger partial charge < -0.3 is 5.11 Å². The highest BCUT2D eigenvalue weighted by Gasteiger charge is 2.20. The molecule has 3 heteroatoms. The molecule has 68 valence electrons. The van der Waals surface area contributed by atoms with Crippen LogP contribution in [0, 0.1) is 10.7 Å². The number of aliphatic hydroxyl groups is 1. The van der Waals surface area contributed by atoms with E-state index in [1.807, 2.05) is 0 Å². The highest BCUT2D eigenvalue weighted by Crippen LogP contribution is 2.26. The highest BCUT2D eigenvalue weighted by molar-refractivity contribution is 8.04. The van der Waals surface area contributed by atoms with Crippen LogP contribution in [-0.2, 0) is 0 Å². The molecule has 0 aromatic rings. The van der Waals surface area contributed by atoms with Gasteiger partial charge >= 0.3 is 0 Å². The Kier molecular flexibility index (Phi) is 4.49. The van der Waals surface area contributed by atoms with Crippen molar-refractivity contribution in [2.24, 2.45) is 0 Å². The van der Waals surface area contributed by atoms with Crippen LogP contribution in [0.3, 0.4) is 0 Å². The van der Waals surface area contributed by atoms with Gasteiger partial charge in [-0.15, -0.1) is 0 Å². The average molecular weight is 185 g/mol. The molecule has 0 heterocycles. The summed E-state index contributed by atoms with van der Waals surface area (Å²) < 4.78 is 0. The Bertz CT molecular complexity index is 166. The number of hydrogen-bond acceptors (Lipinski definition) is 3. The van der Waals surface area contributed by atoms with Crippen molar-refractivity contribution >= 4 is 11.8 Å². The van der Waals surface area contributed by atoms with Crippen molar-refractivity contribution < 1.29 is 5.11 Å². The van der Waals surface area contributed by atoms with Crippen molar-refractivity contribution in [3.63, 3.8) is 0 Å². The molecule has 0 saturated heterocycles. The zero-order valence-corrected chi connectivity index (χ0v) is 8.02. The normalized spacial score (nSPS) is 31.7. The van der Waals surface area contributed by atoms with Gasteiger partial charge in [-0.25, -0.2) is 0 Å². The molecule has 0 aliphatic heterocycles. The third kappa shape index (κ3) is 3.04. The predicted octanol–water partition coefficient (Wildman–Crippen LogP) is 2.28. The van der Waals surface area contributed by atoms with Crippen LogP contribution in [0.4, 0.5) is 0 Å². The molecule has 2 atom stereocenters. The van der Waals surface area contributed by atoms with Crippen LogP contribution in [0.15, 0.2) is 0 Å². The molecule has 0 radical (unpaired) electrons. The topological polar surface area (TPSA) is 44.0 Å². The Morgan fingerprint density at radius 1 is 1.17 bits per heavy atom. The second-order valence-electron chi connectivity index (χ2n) is 3.31. The van der Waals surface area contributed by atoms with E-state index in [9.17, 15) is 5.11 Å². The minimum atomic E-state index is -0.255. The van der Waals surface area contributed by atoms with Gasteiger partial charge in [-0.05, 0) is 24.6 Å². The van der Waals surface area contributed by atoms with Crippen LogP contribution >= 0.6 is 11.8 Å². The van der Waals surface area contributed by atoms with Crippen LogP contribution in [0.5, 0.6) is 0 Å². The van der Waals surface area contributed by atoms with E-state index in [1.54, 1.807) is 0 Å². The van der Waals surface area contributed by atoms with Gasteiger partial charge in [-0.2, -0.15) is 5.26 Å². The molecule has 12 heavy (non-hydrogen) atoms. The second-order valence-corrected chi connectivity index (χ2v) is 4.33. The summed E-state index contributed by atoms with van der Waals surface area (Å²) in [6.07, 6.45) is 6.39. The third-order valence-corrected chi connectivity index (χ3v) is 3.33. The van der Waals surface area contributed by atoms with Gasteiger partial charge in [-0.1, -0.05) is 25.7 Å². The fourth-order valence-corrected chi connectivity index (χ4v) is 2.35. The zero-order chi connectivity index (χ0) is 8.81. The molecule has 1 rings (SSSR count). The summed E-state index contributed by atoms with van der Waals surface area (Å²) in [4.78, 5) is 0. The first kappa shape index (κ1) is 9.88. The molecule has 1 N–H and O–H groups in total. The molecule has 1 fully saturated rings. The third-order valence-electron chi connectivity index (χ3n) is 2.37. The first-order chi connectivity index (χ1) is 5.84. The Morgan fingerprint density at radius 2 is 1.83 bits per heavy atom. The molecular weight excluding hydrogens is 170 g/mol. The molecule has 0 spiro atoms. The average Bonchev–Trinajstić information content (AvgIpc) is 2.05. The van der Waals surface area contributed by atoms with Gasteiger partial charge in [0.2, 0.25) is 0 Å². The number of nitrogens with zero attached hydrogens (tertiary/aromatic N) is 1. The lowest BCUT2D eigenvalue weighted by molar-refractivity contribution is 0.148. The number of aliphatic hydroxyl groups excluding tert-OH is 1. The molecule has 0 amide bonds. The minimum Gasteiger partial charge on any atom is -0.392 e. The zero-order valence-electron chi connectivity index (χ0n) is 7.20. The van der Waals surface area contributed by atoms with Crippen molar-refractivity contribution in [1.82, 2.24) is 0 Å². The van der Waals surface area contributed by atoms with E-state index in [0.717, 1.165) is 25.7 Å². The number of nitriles is 1. The molecule has 0 aromatic carbocycles. The van der Waals surface area contributed by atoms with Gasteiger partial charge in [0, 0.05) is 5.25 Å². The summed E-state index contributed by atoms with van der Waals surface area (Å²) in [5.41, 5.74) is 0.